The van der Waals surface area contributed by atoms with Crippen molar-refractivity contribution in [3.8, 4) is 0 Å². The molecule has 198 valence electrons. The summed E-state index contributed by atoms with van der Waals surface area (Å²) in [6.07, 6.45) is 3.72. The third-order valence-electron chi connectivity index (χ3n) is 7.51. The molecule has 0 saturated carbocycles. The molecule has 2 fully saturated rings. The highest BCUT2D eigenvalue weighted by Crippen LogP contribution is 2.27. The predicted octanol–water partition coefficient (Wildman–Crippen LogP) is 3.62. The van der Waals surface area contributed by atoms with Gasteiger partial charge in [-0.25, -0.2) is 13.2 Å². The van der Waals surface area contributed by atoms with Crippen molar-refractivity contribution in [2.24, 2.45) is 0 Å². The van der Waals surface area contributed by atoms with E-state index in [1.807, 2.05) is 6.07 Å². The number of H-pyrrole nitrogens is 1. The lowest BCUT2D eigenvalue weighted by Crippen LogP contribution is -2.36. The van der Waals surface area contributed by atoms with E-state index in [2.05, 4.69) is 30.7 Å². The lowest BCUT2D eigenvalue weighted by Gasteiger charge is -2.24. The van der Waals surface area contributed by atoms with Crippen molar-refractivity contribution in [2.75, 3.05) is 31.9 Å². The molecule has 1 N–H and O–H groups in total. The van der Waals surface area contributed by atoms with Crippen LogP contribution in [-0.4, -0.2) is 65.7 Å². The number of hydrogen-bond acceptors (Lipinski definition) is 6. The molecule has 2 aliphatic rings. The first-order valence-corrected chi connectivity index (χ1v) is 15.4. The van der Waals surface area contributed by atoms with E-state index in [4.69, 9.17) is 11.6 Å². The number of aromatic nitrogens is 2. The summed E-state index contributed by atoms with van der Waals surface area (Å²) in [5.74, 6) is -0.101. The maximum Gasteiger partial charge on any atom is 0.329 e. The van der Waals surface area contributed by atoms with Crippen LogP contribution in [0.4, 0.5) is 0 Å². The molecule has 8 nitrogen and oxygen atoms in total. The molecule has 1 unspecified atom stereocenters. The van der Waals surface area contributed by atoms with Crippen molar-refractivity contribution >= 4 is 48.3 Å². The van der Waals surface area contributed by atoms with Gasteiger partial charge in [0, 0.05) is 35.2 Å². The second-order valence-electron chi connectivity index (χ2n) is 9.89. The summed E-state index contributed by atoms with van der Waals surface area (Å²) in [5, 5.41) is 0.685. The summed E-state index contributed by atoms with van der Waals surface area (Å²) in [6, 6.07) is 8.61. The first-order valence-electron chi connectivity index (χ1n) is 12.6. The van der Waals surface area contributed by atoms with Crippen LogP contribution >= 0.6 is 27.5 Å². The Hall–Kier alpha value is -1.98. The molecule has 0 bridgehead atoms. The van der Waals surface area contributed by atoms with Crippen LogP contribution in [0.2, 0.25) is 5.02 Å². The number of likely N-dealkylation sites (tertiary alicyclic amines) is 2. The molecule has 0 amide bonds. The van der Waals surface area contributed by atoms with Crippen LogP contribution in [0.15, 0.2) is 49.3 Å². The minimum Gasteiger partial charge on any atom is -0.307 e. The van der Waals surface area contributed by atoms with E-state index >= 15 is 0 Å². The van der Waals surface area contributed by atoms with Gasteiger partial charge in [0.2, 0.25) is 0 Å². The molecule has 3 aromatic rings. The normalized spacial score (nSPS) is 19.3. The molecule has 5 rings (SSSR count). The zero-order valence-corrected chi connectivity index (χ0v) is 23.8. The van der Waals surface area contributed by atoms with Gasteiger partial charge in [-0.3, -0.25) is 19.2 Å². The summed E-state index contributed by atoms with van der Waals surface area (Å²) >= 11 is 9.76. The highest BCUT2D eigenvalue weighted by atomic mass is 79.9. The molecule has 0 aliphatic carbocycles. The Morgan fingerprint density at radius 3 is 2.54 bits per heavy atom. The van der Waals surface area contributed by atoms with Gasteiger partial charge in [0.15, 0.2) is 9.84 Å². The van der Waals surface area contributed by atoms with E-state index in [1.54, 1.807) is 13.0 Å². The van der Waals surface area contributed by atoms with E-state index in [1.165, 1.54) is 44.1 Å². The first kappa shape index (κ1) is 26.6. The Balaban J connectivity index is 1.45. The van der Waals surface area contributed by atoms with Gasteiger partial charge in [-0.2, -0.15) is 0 Å². The SMILES string of the molecule is CCS(=O)(=O)c1ccc(Cl)cc1Cn1c(=O)[nH]c2cc(CN3CCC(N4CCCC4)C3)c(Br)cc2c1=O. The van der Waals surface area contributed by atoms with Crippen LogP contribution in [0.5, 0.6) is 0 Å². The number of halogens is 2. The molecule has 37 heavy (non-hydrogen) atoms. The molecular weight excluding hydrogens is 580 g/mol. The Kier molecular flexibility index (Phi) is 7.66. The number of nitrogens with zero attached hydrogens (tertiary/aromatic N) is 3. The third kappa shape index (κ3) is 5.45. The first-order chi connectivity index (χ1) is 17.7. The third-order valence-corrected chi connectivity index (χ3v) is 10.3. The molecule has 3 heterocycles. The largest absolute Gasteiger partial charge is 0.329 e. The fourth-order valence-corrected chi connectivity index (χ4v) is 7.26. The molecular formula is C26H30BrClN4O4S. The zero-order valence-electron chi connectivity index (χ0n) is 20.7. The molecule has 1 atom stereocenters. The quantitative estimate of drug-likeness (QED) is 0.440. The van der Waals surface area contributed by atoms with Crippen molar-refractivity contribution in [2.45, 2.75) is 50.2 Å². The van der Waals surface area contributed by atoms with E-state index in [0.717, 1.165) is 40.7 Å². The van der Waals surface area contributed by atoms with Gasteiger partial charge in [-0.15, -0.1) is 0 Å². The molecule has 11 heteroatoms. The fraction of sp³-hybridized carbons (Fsp3) is 0.462. The van der Waals surface area contributed by atoms with Crippen LogP contribution < -0.4 is 11.2 Å². The molecule has 1 aromatic heterocycles. The summed E-state index contributed by atoms with van der Waals surface area (Å²) in [6.45, 7) is 6.49. The number of fused-ring (bicyclic) bond motifs is 1. The van der Waals surface area contributed by atoms with Gasteiger partial charge in [0.1, 0.15) is 0 Å². The average Bonchev–Trinajstić information content (AvgIpc) is 3.55. The number of hydrogen-bond donors (Lipinski definition) is 1. The number of nitrogens with one attached hydrogen (secondary N) is 1. The number of sulfone groups is 1. The van der Waals surface area contributed by atoms with E-state index in [0.29, 0.717) is 27.5 Å². The molecule has 2 aliphatic heterocycles. The van der Waals surface area contributed by atoms with Crippen LogP contribution in [0, 0.1) is 0 Å². The van der Waals surface area contributed by atoms with Crippen LogP contribution in [0.25, 0.3) is 10.9 Å². The maximum atomic E-state index is 13.4. The van der Waals surface area contributed by atoms with Gasteiger partial charge < -0.3 is 4.98 Å². The highest BCUT2D eigenvalue weighted by Gasteiger charge is 2.29. The van der Waals surface area contributed by atoms with Crippen molar-refractivity contribution in [3.05, 3.63) is 71.8 Å². The smallest absolute Gasteiger partial charge is 0.307 e. The summed E-state index contributed by atoms with van der Waals surface area (Å²) < 4.78 is 27.0. The fourth-order valence-electron chi connectivity index (χ4n) is 5.49. The van der Waals surface area contributed by atoms with Gasteiger partial charge in [-0.1, -0.05) is 34.5 Å². The minimum absolute atomic E-state index is 0.0696. The Morgan fingerprint density at radius 1 is 1.05 bits per heavy atom. The van der Waals surface area contributed by atoms with Gasteiger partial charge in [-0.05, 0) is 73.8 Å². The minimum atomic E-state index is -3.57. The van der Waals surface area contributed by atoms with E-state index in [-0.39, 0.29) is 17.2 Å². The van der Waals surface area contributed by atoms with Crippen molar-refractivity contribution < 1.29 is 8.42 Å². The summed E-state index contributed by atoms with van der Waals surface area (Å²) in [7, 11) is -3.57. The van der Waals surface area contributed by atoms with E-state index < -0.39 is 21.1 Å². The zero-order chi connectivity index (χ0) is 26.3. The Labute approximate surface area is 229 Å². The lowest BCUT2D eigenvalue weighted by atomic mass is 10.1. The summed E-state index contributed by atoms with van der Waals surface area (Å²) in [5.41, 5.74) is 0.696. The van der Waals surface area contributed by atoms with E-state index in [9.17, 15) is 18.0 Å². The number of aromatic amines is 1. The van der Waals surface area contributed by atoms with Gasteiger partial charge in [0.05, 0.1) is 28.1 Å². The molecule has 0 spiro atoms. The Bertz CT molecular complexity index is 1560. The highest BCUT2D eigenvalue weighted by molar-refractivity contribution is 9.10. The monoisotopic (exact) mass is 608 g/mol. The van der Waals surface area contributed by atoms with Crippen molar-refractivity contribution in [1.82, 2.24) is 19.4 Å². The van der Waals surface area contributed by atoms with Gasteiger partial charge in [0.25, 0.3) is 5.56 Å². The molecule has 0 radical (unpaired) electrons. The second-order valence-corrected chi connectivity index (χ2v) is 13.4. The maximum absolute atomic E-state index is 13.4. The molecule has 2 saturated heterocycles. The Morgan fingerprint density at radius 2 is 1.81 bits per heavy atom. The predicted molar refractivity (Wildman–Crippen MR) is 149 cm³/mol. The van der Waals surface area contributed by atoms with Crippen molar-refractivity contribution in [3.63, 3.8) is 0 Å². The molecule has 2 aromatic carbocycles. The van der Waals surface area contributed by atoms with Gasteiger partial charge >= 0.3 is 5.69 Å². The van der Waals surface area contributed by atoms with Crippen LogP contribution in [0.3, 0.4) is 0 Å². The average molecular weight is 610 g/mol. The van der Waals surface area contributed by atoms with Crippen LogP contribution in [-0.2, 0) is 22.9 Å². The van der Waals surface area contributed by atoms with Crippen LogP contribution in [0.1, 0.15) is 37.3 Å². The standard InChI is InChI=1S/C26H30BrClN4O4S/c1-2-37(35,36)24-6-5-19(28)11-18(24)15-32-25(33)21-13-22(27)17(12-23(21)29-26(32)34)14-30-10-7-20(16-30)31-8-3-4-9-31/h5-6,11-13,20H,2-4,7-10,14-16H2,1H3,(H,29,34). The topological polar surface area (TPSA) is 95.5 Å². The lowest BCUT2D eigenvalue weighted by molar-refractivity contribution is 0.230. The number of rotatable bonds is 7. The second kappa shape index (κ2) is 10.6. The number of benzene rings is 2. The summed E-state index contributed by atoms with van der Waals surface area (Å²) in [4.78, 5) is 34.3. The van der Waals surface area contributed by atoms with Crippen molar-refractivity contribution in [1.29, 1.82) is 0 Å².